The second-order valence-electron chi connectivity index (χ2n) is 4.73. The van der Waals surface area contributed by atoms with Crippen molar-refractivity contribution in [3.05, 3.63) is 51.8 Å². The summed E-state index contributed by atoms with van der Waals surface area (Å²) in [5.41, 5.74) is -0.165. The average Bonchev–Trinajstić information content (AvgIpc) is 3.07. The molecule has 0 atom stereocenters. The Morgan fingerprint density at radius 2 is 2.16 bits per heavy atom. The minimum atomic E-state index is -0.765. The third kappa shape index (κ3) is 4.03. The Kier molecular flexibility index (Phi) is 5.53. The van der Waals surface area contributed by atoms with E-state index in [-0.39, 0.29) is 35.0 Å². The Labute approximate surface area is 143 Å². The Bertz CT molecular complexity index is 876. The predicted molar refractivity (Wildman–Crippen MR) is 87.6 cm³/mol. The van der Waals surface area contributed by atoms with Crippen LogP contribution in [0.4, 0.5) is 5.69 Å². The fourth-order valence-corrected chi connectivity index (χ4v) is 2.06. The van der Waals surface area contributed by atoms with E-state index in [1.54, 1.807) is 19.1 Å². The number of nitro benzene ring substituents is 1. The second-order valence-corrected chi connectivity index (χ2v) is 4.73. The molecule has 128 valence electrons. The summed E-state index contributed by atoms with van der Waals surface area (Å²) >= 11 is 0. The summed E-state index contributed by atoms with van der Waals surface area (Å²) in [7, 11) is 1.41. The smallest absolute Gasteiger partial charge is 0.349 e. The third-order valence-electron chi connectivity index (χ3n) is 3.20. The summed E-state index contributed by atoms with van der Waals surface area (Å²) < 4.78 is 15.3. The fraction of sp³-hybridized carbons (Fsp3) is 0.176. The highest BCUT2D eigenvalue weighted by molar-refractivity contribution is 5.97. The summed E-state index contributed by atoms with van der Waals surface area (Å²) in [6, 6.07) is 9.10. The van der Waals surface area contributed by atoms with Gasteiger partial charge in [0.2, 0.25) is 0 Å². The zero-order valence-electron chi connectivity index (χ0n) is 13.5. The molecule has 2 rings (SSSR count). The van der Waals surface area contributed by atoms with E-state index in [1.165, 1.54) is 37.5 Å². The average molecular weight is 342 g/mol. The maximum atomic E-state index is 11.6. The summed E-state index contributed by atoms with van der Waals surface area (Å²) in [5.74, 6) is 0.000974. The number of rotatable bonds is 6. The van der Waals surface area contributed by atoms with Crippen LogP contribution in [0.2, 0.25) is 0 Å². The Morgan fingerprint density at radius 3 is 2.76 bits per heavy atom. The van der Waals surface area contributed by atoms with Gasteiger partial charge in [-0.2, -0.15) is 5.26 Å². The van der Waals surface area contributed by atoms with Crippen LogP contribution < -0.4 is 4.74 Å². The third-order valence-corrected chi connectivity index (χ3v) is 3.20. The Balaban J connectivity index is 2.41. The summed E-state index contributed by atoms with van der Waals surface area (Å²) in [4.78, 5) is 22.3. The number of methoxy groups -OCH3 is 1. The van der Waals surface area contributed by atoms with Crippen LogP contribution in [-0.2, 0) is 9.53 Å². The first-order valence-electron chi connectivity index (χ1n) is 7.21. The van der Waals surface area contributed by atoms with E-state index in [4.69, 9.17) is 19.2 Å². The highest BCUT2D eigenvalue weighted by Gasteiger charge is 2.19. The van der Waals surface area contributed by atoms with E-state index in [0.29, 0.717) is 5.75 Å². The Morgan fingerprint density at radius 1 is 1.40 bits per heavy atom. The van der Waals surface area contributed by atoms with Crippen LogP contribution >= 0.6 is 0 Å². The lowest BCUT2D eigenvalue weighted by Gasteiger charge is -2.03. The number of nitro groups is 1. The van der Waals surface area contributed by atoms with Crippen molar-refractivity contribution in [1.29, 1.82) is 5.26 Å². The van der Waals surface area contributed by atoms with Crippen LogP contribution in [0.3, 0.4) is 0 Å². The van der Waals surface area contributed by atoms with Crippen LogP contribution in [0.15, 0.2) is 40.3 Å². The van der Waals surface area contributed by atoms with Crippen molar-refractivity contribution in [3.63, 3.8) is 0 Å². The zero-order valence-corrected chi connectivity index (χ0v) is 13.5. The molecule has 0 spiro atoms. The number of carbonyl (C=O) groups is 1. The maximum absolute atomic E-state index is 11.6. The maximum Gasteiger partial charge on any atom is 0.349 e. The van der Waals surface area contributed by atoms with Crippen LogP contribution in [0.25, 0.3) is 17.4 Å². The van der Waals surface area contributed by atoms with E-state index >= 15 is 0 Å². The number of carbonyl (C=O) groups excluding carboxylic acids is 1. The van der Waals surface area contributed by atoms with E-state index < -0.39 is 10.9 Å². The molecule has 0 saturated heterocycles. The van der Waals surface area contributed by atoms with Crippen molar-refractivity contribution in [2.45, 2.75) is 6.92 Å². The Hall–Kier alpha value is -3.60. The van der Waals surface area contributed by atoms with Crippen molar-refractivity contribution >= 4 is 17.7 Å². The molecule has 0 radical (unpaired) electrons. The number of benzene rings is 1. The molecular formula is C17H14N2O6. The minimum Gasteiger partial charge on any atom is -0.497 e. The number of furan rings is 1. The molecule has 25 heavy (non-hydrogen) atoms. The van der Waals surface area contributed by atoms with E-state index in [2.05, 4.69) is 0 Å². The lowest BCUT2D eigenvalue weighted by Crippen LogP contribution is -2.05. The van der Waals surface area contributed by atoms with Crippen molar-refractivity contribution in [3.8, 4) is 23.1 Å². The molecule has 0 aliphatic heterocycles. The van der Waals surface area contributed by atoms with Crippen molar-refractivity contribution in [2.75, 3.05) is 13.7 Å². The van der Waals surface area contributed by atoms with Crippen molar-refractivity contribution in [2.24, 2.45) is 0 Å². The molecule has 1 heterocycles. The van der Waals surface area contributed by atoms with Gasteiger partial charge >= 0.3 is 5.97 Å². The van der Waals surface area contributed by atoms with Gasteiger partial charge in [0.1, 0.15) is 28.9 Å². The SMILES string of the molecule is CCOC(=O)/C(C#N)=C/c1ccc(-c2ccc(OC)cc2[N+](=O)[O-])o1. The van der Waals surface area contributed by atoms with Crippen LogP contribution in [-0.4, -0.2) is 24.6 Å². The highest BCUT2D eigenvalue weighted by atomic mass is 16.6. The molecular weight excluding hydrogens is 328 g/mol. The molecule has 0 aliphatic carbocycles. The van der Waals surface area contributed by atoms with Crippen molar-refractivity contribution in [1.82, 2.24) is 0 Å². The molecule has 0 fully saturated rings. The van der Waals surface area contributed by atoms with Gasteiger partial charge in [-0.1, -0.05) is 0 Å². The van der Waals surface area contributed by atoms with Gasteiger partial charge < -0.3 is 13.9 Å². The molecule has 8 nitrogen and oxygen atoms in total. The number of esters is 1. The quantitative estimate of drug-likeness (QED) is 0.260. The summed E-state index contributed by atoms with van der Waals surface area (Å²) in [6.45, 7) is 1.76. The van der Waals surface area contributed by atoms with Crippen LogP contribution in [0.1, 0.15) is 12.7 Å². The molecule has 1 aromatic carbocycles. The lowest BCUT2D eigenvalue weighted by atomic mass is 10.1. The molecule has 2 aromatic rings. The van der Waals surface area contributed by atoms with E-state index in [1.807, 2.05) is 0 Å². The largest absolute Gasteiger partial charge is 0.497 e. The normalized spacial score (nSPS) is 10.8. The van der Waals surface area contributed by atoms with Gasteiger partial charge in [0.15, 0.2) is 0 Å². The number of nitrogens with zero attached hydrogens (tertiary/aromatic N) is 2. The monoisotopic (exact) mass is 342 g/mol. The summed E-state index contributed by atoms with van der Waals surface area (Å²) in [5, 5.41) is 20.3. The topological polar surface area (TPSA) is 116 Å². The molecule has 8 heteroatoms. The molecule has 0 amide bonds. The molecule has 1 aromatic heterocycles. The van der Waals surface area contributed by atoms with Gasteiger partial charge in [-0.25, -0.2) is 4.79 Å². The lowest BCUT2D eigenvalue weighted by molar-refractivity contribution is -0.384. The number of hydrogen-bond acceptors (Lipinski definition) is 7. The first kappa shape index (κ1) is 17.7. The standard InChI is InChI=1S/C17H14N2O6/c1-3-24-17(20)11(10-18)8-13-5-7-16(25-13)14-6-4-12(23-2)9-15(14)19(21)22/h4-9H,3H2,1-2H3/b11-8+. The van der Waals surface area contributed by atoms with Gasteiger partial charge in [-0.3, -0.25) is 10.1 Å². The fourth-order valence-electron chi connectivity index (χ4n) is 2.06. The first-order valence-corrected chi connectivity index (χ1v) is 7.21. The second kappa shape index (κ2) is 7.79. The molecule has 0 unspecified atom stereocenters. The number of nitriles is 1. The van der Waals surface area contributed by atoms with Crippen LogP contribution in [0.5, 0.6) is 5.75 Å². The molecule has 0 bridgehead atoms. The number of hydrogen-bond donors (Lipinski definition) is 0. The first-order chi connectivity index (χ1) is 12.0. The highest BCUT2D eigenvalue weighted by Crippen LogP contribution is 2.34. The molecule has 0 saturated carbocycles. The van der Waals surface area contributed by atoms with Gasteiger partial charge in [0.05, 0.1) is 30.3 Å². The molecule has 0 N–H and O–H groups in total. The summed E-state index contributed by atoms with van der Waals surface area (Å²) in [6.07, 6.45) is 1.22. The van der Waals surface area contributed by atoms with Gasteiger partial charge in [-0.05, 0) is 31.2 Å². The van der Waals surface area contributed by atoms with Crippen molar-refractivity contribution < 1.29 is 23.6 Å². The zero-order chi connectivity index (χ0) is 18.4. The van der Waals surface area contributed by atoms with Gasteiger partial charge in [0, 0.05) is 6.08 Å². The predicted octanol–water partition coefficient (Wildman–Crippen LogP) is 3.33. The van der Waals surface area contributed by atoms with Gasteiger partial charge in [0.25, 0.3) is 5.69 Å². The van der Waals surface area contributed by atoms with E-state index in [9.17, 15) is 14.9 Å². The molecule has 0 aliphatic rings. The van der Waals surface area contributed by atoms with E-state index in [0.717, 1.165) is 0 Å². The van der Waals surface area contributed by atoms with Gasteiger partial charge in [-0.15, -0.1) is 0 Å². The van der Waals surface area contributed by atoms with Crippen LogP contribution in [0, 0.1) is 21.4 Å². The number of ether oxygens (including phenoxy) is 2. The minimum absolute atomic E-state index is 0.138.